The number of hydrogen-bond acceptors (Lipinski definition) is 3. The first-order chi connectivity index (χ1) is 9.27. The van der Waals surface area contributed by atoms with Crippen LogP contribution in [0.15, 0.2) is 0 Å². The van der Waals surface area contributed by atoms with Gasteiger partial charge in [0.1, 0.15) is 0 Å². The third-order valence-corrected chi connectivity index (χ3v) is 4.59. The molecule has 110 valence electrons. The average molecular weight is 267 g/mol. The number of unbranched alkanes of at least 4 members (excludes halogenated alkanes) is 1. The van der Waals surface area contributed by atoms with E-state index < -0.39 is 0 Å². The SMILES string of the molecule is CN(C(=O)CCCCN1CCNCC1)C1CCCC1. The number of carbonyl (C=O) groups is 1. The molecule has 1 aliphatic heterocycles. The van der Waals surface area contributed by atoms with Crippen molar-refractivity contribution >= 4 is 5.91 Å². The molecule has 0 bridgehead atoms. The maximum Gasteiger partial charge on any atom is 0.222 e. The zero-order chi connectivity index (χ0) is 13.5. The smallest absolute Gasteiger partial charge is 0.222 e. The molecule has 2 rings (SSSR count). The summed E-state index contributed by atoms with van der Waals surface area (Å²) >= 11 is 0. The van der Waals surface area contributed by atoms with E-state index in [1.54, 1.807) is 0 Å². The van der Waals surface area contributed by atoms with Gasteiger partial charge in [0, 0.05) is 45.7 Å². The van der Waals surface area contributed by atoms with Crippen LogP contribution >= 0.6 is 0 Å². The average Bonchev–Trinajstić information content (AvgIpc) is 2.98. The monoisotopic (exact) mass is 267 g/mol. The minimum atomic E-state index is 0.354. The van der Waals surface area contributed by atoms with Crippen molar-refractivity contribution in [2.24, 2.45) is 0 Å². The third kappa shape index (κ3) is 4.77. The summed E-state index contributed by atoms with van der Waals surface area (Å²) in [6, 6.07) is 0.528. The van der Waals surface area contributed by atoms with Crippen LogP contribution in [0.25, 0.3) is 0 Å². The van der Waals surface area contributed by atoms with Crippen molar-refractivity contribution in [3.8, 4) is 0 Å². The van der Waals surface area contributed by atoms with Crippen LogP contribution in [-0.4, -0.2) is 61.5 Å². The molecule has 1 N–H and O–H groups in total. The van der Waals surface area contributed by atoms with Crippen molar-refractivity contribution in [2.75, 3.05) is 39.8 Å². The van der Waals surface area contributed by atoms with Crippen molar-refractivity contribution in [3.63, 3.8) is 0 Å². The van der Waals surface area contributed by atoms with E-state index in [0.29, 0.717) is 11.9 Å². The van der Waals surface area contributed by atoms with Gasteiger partial charge < -0.3 is 15.1 Å². The van der Waals surface area contributed by atoms with E-state index in [9.17, 15) is 4.79 Å². The summed E-state index contributed by atoms with van der Waals surface area (Å²) in [6.45, 7) is 5.71. The molecule has 0 aromatic rings. The fourth-order valence-electron chi connectivity index (χ4n) is 3.22. The number of nitrogens with one attached hydrogen (secondary N) is 1. The van der Waals surface area contributed by atoms with Crippen LogP contribution < -0.4 is 5.32 Å². The van der Waals surface area contributed by atoms with Gasteiger partial charge in [-0.15, -0.1) is 0 Å². The molecular weight excluding hydrogens is 238 g/mol. The predicted octanol–water partition coefficient (Wildman–Crippen LogP) is 1.46. The molecule has 4 heteroatoms. The molecule has 4 nitrogen and oxygen atoms in total. The summed E-state index contributed by atoms with van der Waals surface area (Å²) in [6.07, 6.45) is 7.95. The molecule has 0 unspecified atom stereocenters. The fraction of sp³-hybridized carbons (Fsp3) is 0.933. The molecule has 0 atom stereocenters. The lowest BCUT2D eigenvalue weighted by molar-refractivity contribution is -0.132. The predicted molar refractivity (Wildman–Crippen MR) is 78.2 cm³/mol. The van der Waals surface area contributed by atoms with Gasteiger partial charge in [-0.1, -0.05) is 12.8 Å². The van der Waals surface area contributed by atoms with Crippen LogP contribution in [0.3, 0.4) is 0 Å². The van der Waals surface area contributed by atoms with Crippen molar-refractivity contribution in [2.45, 2.75) is 51.0 Å². The summed E-state index contributed by atoms with van der Waals surface area (Å²) in [5.74, 6) is 0.354. The topological polar surface area (TPSA) is 35.6 Å². The molecule has 0 aromatic heterocycles. The number of amides is 1. The van der Waals surface area contributed by atoms with E-state index in [-0.39, 0.29) is 0 Å². The summed E-state index contributed by atoms with van der Waals surface area (Å²) in [7, 11) is 1.99. The second-order valence-corrected chi connectivity index (χ2v) is 5.99. The molecule has 0 aromatic carbocycles. The minimum Gasteiger partial charge on any atom is -0.343 e. The molecule has 1 heterocycles. The maximum atomic E-state index is 12.1. The van der Waals surface area contributed by atoms with Crippen LogP contribution in [0.4, 0.5) is 0 Å². The van der Waals surface area contributed by atoms with Gasteiger partial charge in [0.05, 0.1) is 0 Å². The van der Waals surface area contributed by atoms with Gasteiger partial charge in [-0.3, -0.25) is 4.79 Å². The number of nitrogens with zero attached hydrogens (tertiary/aromatic N) is 2. The van der Waals surface area contributed by atoms with Gasteiger partial charge in [0.15, 0.2) is 0 Å². The molecule has 1 aliphatic carbocycles. The third-order valence-electron chi connectivity index (χ3n) is 4.59. The molecule has 2 fully saturated rings. The van der Waals surface area contributed by atoms with Gasteiger partial charge in [-0.05, 0) is 32.2 Å². The number of carbonyl (C=O) groups excluding carboxylic acids is 1. The summed E-state index contributed by atoms with van der Waals surface area (Å²) in [5.41, 5.74) is 0. The summed E-state index contributed by atoms with van der Waals surface area (Å²) in [5, 5.41) is 3.37. The highest BCUT2D eigenvalue weighted by Crippen LogP contribution is 2.23. The lowest BCUT2D eigenvalue weighted by Gasteiger charge is -2.27. The first-order valence-electron chi connectivity index (χ1n) is 7.96. The van der Waals surface area contributed by atoms with Crippen LogP contribution in [0.1, 0.15) is 44.9 Å². The normalized spacial score (nSPS) is 21.7. The molecular formula is C15H29N3O. The second-order valence-electron chi connectivity index (χ2n) is 5.99. The molecule has 1 saturated carbocycles. The van der Waals surface area contributed by atoms with Crippen LogP contribution in [-0.2, 0) is 4.79 Å². The second kappa shape index (κ2) is 7.85. The fourth-order valence-corrected chi connectivity index (χ4v) is 3.22. The van der Waals surface area contributed by atoms with Crippen molar-refractivity contribution in [1.29, 1.82) is 0 Å². The highest BCUT2D eigenvalue weighted by atomic mass is 16.2. The van der Waals surface area contributed by atoms with E-state index in [1.807, 2.05) is 11.9 Å². The maximum absolute atomic E-state index is 12.1. The molecule has 0 spiro atoms. The highest BCUT2D eigenvalue weighted by Gasteiger charge is 2.22. The number of hydrogen-bond donors (Lipinski definition) is 1. The highest BCUT2D eigenvalue weighted by molar-refractivity contribution is 5.76. The lowest BCUT2D eigenvalue weighted by atomic mass is 10.1. The van der Waals surface area contributed by atoms with Crippen LogP contribution in [0, 0.1) is 0 Å². The van der Waals surface area contributed by atoms with Gasteiger partial charge in [0.25, 0.3) is 0 Å². The Bertz CT molecular complexity index is 271. The van der Waals surface area contributed by atoms with Gasteiger partial charge in [0.2, 0.25) is 5.91 Å². The first-order valence-corrected chi connectivity index (χ1v) is 7.96. The van der Waals surface area contributed by atoms with E-state index in [0.717, 1.165) is 52.0 Å². The largest absolute Gasteiger partial charge is 0.343 e. The number of piperazine rings is 1. The Morgan fingerprint density at radius 3 is 2.58 bits per heavy atom. The van der Waals surface area contributed by atoms with E-state index in [2.05, 4.69) is 10.2 Å². The number of rotatable bonds is 6. The quantitative estimate of drug-likeness (QED) is 0.740. The van der Waals surface area contributed by atoms with E-state index in [4.69, 9.17) is 0 Å². The van der Waals surface area contributed by atoms with Gasteiger partial charge >= 0.3 is 0 Å². The summed E-state index contributed by atoms with van der Waals surface area (Å²) in [4.78, 5) is 16.6. The Kier molecular flexibility index (Phi) is 6.11. The zero-order valence-corrected chi connectivity index (χ0v) is 12.4. The molecule has 1 saturated heterocycles. The first kappa shape index (κ1) is 14.8. The van der Waals surface area contributed by atoms with E-state index in [1.165, 1.54) is 25.7 Å². The molecule has 19 heavy (non-hydrogen) atoms. The Hall–Kier alpha value is -0.610. The van der Waals surface area contributed by atoms with Crippen molar-refractivity contribution < 1.29 is 4.79 Å². The standard InChI is InChI=1S/C15H29N3O/c1-17(14-6-2-3-7-14)15(19)8-4-5-11-18-12-9-16-10-13-18/h14,16H,2-13H2,1H3. The van der Waals surface area contributed by atoms with Gasteiger partial charge in [-0.25, -0.2) is 0 Å². The minimum absolute atomic E-state index is 0.354. The zero-order valence-electron chi connectivity index (χ0n) is 12.4. The van der Waals surface area contributed by atoms with Crippen LogP contribution in [0.2, 0.25) is 0 Å². The summed E-state index contributed by atoms with van der Waals surface area (Å²) < 4.78 is 0. The molecule has 1 amide bonds. The van der Waals surface area contributed by atoms with Crippen molar-refractivity contribution in [3.05, 3.63) is 0 Å². The molecule has 2 aliphatic rings. The molecule has 0 radical (unpaired) electrons. The van der Waals surface area contributed by atoms with Crippen LogP contribution in [0.5, 0.6) is 0 Å². The van der Waals surface area contributed by atoms with Crippen molar-refractivity contribution in [1.82, 2.24) is 15.1 Å². The Morgan fingerprint density at radius 2 is 1.89 bits per heavy atom. The Balaban J connectivity index is 1.55. The van der Waals surface area contributed by atoms with E-state index >= 15 is 0 Å². The lowest BCUT2D eigenvalue weighted by Crippen LogP contribution is -2.43. The van der Waals surface area contributed by atoms with Gasteiger partial charge in [-0.2, -0.15) is 0 Å². The Labute approximate surface area is 117 Å². The Morgan fingerprint density at radius 1 is 1.21 bits per heavy atom.